The first-order valence-corrected chi connectivity index (χ1v) is 12.7. The third kappa shape index (κ3) is 5.21. The summed E-state index contributed by atoms with van der Waals surface area (Å²) in [5.74, 6) is -0.0501. The van der Waals surface area contributed by atoms with Gasteiger partial charge < -0.3 is 15.1 Å². The van der Waals surface area contributed by atoms with E-state index in [4.69, 9.17) is 0 Å². The number of hydrogen-bond acceptors (Lipinski definition) is 6. The van der Waals surface area contributed by atoms with Gasteiger partial charge in [-0.3, -0.25) is 9.59 Å². The molecule has 1 saturated heterocycles. The summed E-state index contributed by atoms with van der Waals surface area (Å²) in [6.45, 7) is 9.91. The highest BCUT2D eigenvalue weighted by Crippen LogP contribution is 2.36. The van der Waals surface area contributed by atoms with Crippen LogP contribution in [-0.4, -0.2) is 68.1 Å². The molecule has 2 aromatic rings. The lowest BCUT2D eigenvalue weighted by atomic mass is 9.93. The predicted octanol–water partition coefficient (Wildman–Crippen LogP) is 4.50. The Hall–Kier alpha value is -3.45. The lowest BCUT2D eigenvalue weighted by Crippen LogP contribution is -2.44. The molecule has 0 saturated carbocycles. The first-order valence-electron chi connectivity index (χ1n) is 12.7. The first kappa shape index (κ1) is 25.6. The van der Waals surface area contributed by atoms with Crippen molar-refractivity contribution < 1.29 is 9.59 Å². The first-order chi connectivity index (χ1) is 17.4. The van der Waals surface area contributed by atoms with Crippen LogP contribution in [0.15, 0.2) is 53.1 Å². The Morgan fingerprint density at radius 3 is 2.42 bits per heavy atom. The smallest absolute Gasteiger partial charge is 0.242 e. The van der Waals surface area contributed by atoms with E-state index in [9.17, 15) is 9.59 Å². The SMILES string of the molecule is CCC(=O)N1N=C(/C(C=O)=C(\C)c2ccc(N3CCN(C)CC3)cc2NC)C[C@H]1c1ccc(C)cc1. The molecule has 36 heavy (non-hydrogen) atoms. The Bertz CT molecular complexity index is 1180. The fourth-order valence-electron chi connectivity index (χ4n) is 4.96. The minimum Gasteiger partial charge on any atom is -0.388 e. The van der Waals surface area contributed by atoms with Crippen molar-refractivity contribution in [1.82, 2.24) is 9.91 Å². The van der Waals surface area contributed by atoms with Crippen molar-refractivity contribution in [2.24, 2.45) is 5.10 Å². The molecule has 1 amide bonds. The molecule has 0 spiro atoms. The normalized spacial score (nSPS) is 19.1. The Morgan fingerprint density at radius 2 is 1.81 bits per heavy atom. The monoisotopic (exact) mass is 487 g/mol. The number of allylic oxidation sites excluding steroid dienone is 2. The van der Waals surface area contributed by atoms with Crippen LogP contribution in [0.25, 0.3) is 5.57 Å². The van der Waals surface area contributed by atoms with E-state index >= 15 is 0 Å². The van der Waals surface area contributed by atoms with Crippen LogP contribution in [0.5, 0.6) is 0 Å². The van der Waals surface area contributed by atoms with Crippen molar-refractivity contribution >= 4 is 34.9 Å². The van der Waals surface area contributed by atoms with Crippen molar-refractivity contribution in [3.05, 3.63) is 64.7 Å². The van der Waals surface area contributed by atoms with Crippen LogP contribution >= 0.6 is 0 Å². The number of carbonyl (C=O) groups is 2. The molecule has 1 N–H and O–H groups in total. The molecule has 2 aromatic carbocycles. The zero-order chi connectivity index (χ0) is 25.8. The maximum Gasteiger partial charge on any atom is 0.242 e. The quantitative estimate of drug-likeness (QED) is 0.460. The molecular weight excluding hydrogens is 450 g/mol. The highest BCUT2D eigenvalue weighted by atomic mass is 16.2. The van der Waals surface area contributed by atoms with E-state index in [0.717, 1.165) is 60.4 Å². The van der Waals surface area contributed by atoms with Crippen molar-refractivity contribution in [2.45, 2.75) is 39.7 Å². The summed E-state index contributed by atoms with van der Waals surface area (Å²) < 4.78 is 0. The highest BCUT2D eigenvalue weighted by molar-refractivity contribution is 6.21. The number of hydrazone groups is 1. The van der Waals surface area contributed by atoms with Gasteiger partial charge in [-0.05, 0) is 44.2 Å². The molecule has 190 valence electrons. The zero-order valence-electron chi connectivity index (χ0n) is 22.0. The van der Waals surface area contributed by atoms with Crippen LogP contribution in [0, 0.1) is 6.92 Å². The van der Waals surface area contributed by atoms with Crippen LogP contribution in [0.1, 0.15) is 49.4 Å². The number of amides is 1. The zero-order valence-corrected chi connectivity index (χ0v) is 22.0. The number of hydrogen-bond donors (Lipinski definition) is 1. The van der Waals surface area contributed by atoms with Gasteiger partial charge in [-0.15, -0.1) is 0 Å². The van der Waals surface area contributed by atoms with Gasteiger partial charge in [-0.1, -0.05) is 42.8 Å². The molecule has 7 nitrogen and oxygen atoms in total. The fourth-order valence-corrected chi connectivity index (χ4v) is 4.96. The average molecular weight is 488 g/mol. The number of nitrogens with zero attached hydrogens (tertiary/aromatic N) is 4. The summed E-state index contributed by atoms with van der Waals surface area (Å²) in [7, 11) is 4.06. The van der Waals surface area contributed by atoms with Crippen molar-refractivity contribution in [2.75, 3.05) is 50.5 Å². The third-order valence-electron chi connectivity index (χ3n) is 7.31. The molecule has 0 aliphatic carbocycles. The van der Waals surface area contributed by atoms with E-state index in [1.807, 2.05) is 52.1 Å². The maximum absolute atomic E-state index is 12.8. The molecule has 1 atom stereocenters. The lowest BCUT2D eigenvalue weighted by molar-refractivity contribution is -0.132. The van der Waals surface area contributed by atoms with Gasteiger partial charge in [0.15, 0.2) is 6.29 Å². The number of nitrogens with one attached hydrogen (secondary N) is 1. The van der Waals surface area contributed by atoms with Crippen molar-refractivity contribution in [3.8, 4) is 0 Å². The minimum absolute atomic E-state index is 0.0501. The van der Waals surface area contributed by atoms with Crippen molar-refractivity contribution in [1.29, 1.82) is 0 Å². The van der Waals surface area contributed by atoms with Gasteiger partial charge in [-0.2, -0.15) is 5.10 Å². The summed E-state index contributed by atoms with van der Waals surface area (Å²) in [6.07, 6.45) is 1.75. The molecule has 2 aliphatic heterocycles. The van der Waals surface area contributed by atoms with Gasteiger partial charge in [0.05, 0.1) is 11.8 Å². The van der Waals surface area contributed by atoms with Crippen LogP contribution in [-0.2, 0) is 9.59 Å². The number of benzene rings is 2. The van der Waals surface area contributed by atoms with Gasteiger partial charge in [0, 0.05) is 68.6 Å². The highest BCUT2D eigenvalue weighted by Gasteiger charge is 2.33. The van der Waals surface area contributed by atoms with Crippen LogP contribution in [0.4, 0.5) is 11.4 Å². The van der Waals surface area contributed by atoms with E-state index in [-0.39, 0.29) is 11.9 Å². The number of carbonyl (C=O) groups excluding carboxylic acids is 2. The molecule has 1 fully saturated rings. The van der Waals surface area contributed by atoms with Crippen LogP contribution in [0.3, 0.4) is 0 Å². The number of likely N-dealkylation sites (N-methyl/N-ethyl adjacent to an activating group) is 1. The molecule has 4 rings (SSSR count). The van der Waals surface area contributed by atoms with Crippen molar-refractivity contribution in [3.63, 3.8) is 0 Å². The minimum atomic E-state index is -0.209. The molecule has 7 heteroatoms. The largest absolute Gasteiger partial charge is 0.388 e. The standard InChI is InChI=1S/C29H37N5O2/c1-6-29(36)34-28(22-9-7-20(2)8-10-22)18-27(31-34)25(19-35)21(3)24-12-11-23(17-26(24)30-4)33-15-13-32(5)14-16-33/h7-12,17,19,28,30H,6,13-16,18H2,1-5H3/b25-21+/t28-/m0/s1. The number of anilines is 2. The molecule has 0 radical (unpaired) electrons. The summed E-state index contributed by atoms with van der Waals surface area (Å²) in [5.41, 5.74) is 7.35. The van der Waals surface area contributed by atoms with Gasteiger partial charge in [-0.25, -0.2) is 5.01 Å². The second kappa shape index (κ2) is 11.1. The summed E-state index contributed by atoms with van der Waals surface area (Å²) in [4.78, 5) is 29.9. The van der Waals surface area contributed by atoms with E-state index < -0.39 is 0 Å². The maximum atomic E-state index is 12.8. The Kier molecular flexibility index (Phi) is 7.89. The van der Waals surface area contributed by atoms with E-state index in [1.54, 1.807) is 5.01 Å². The van der Waals surface area contributed by atoms with E-state index in [2.05, 4.69) is 45.5 Å². The Morgan fingerprint density at radius 1 is 1.11 bits per heavy atom. The number of aryl methyl sites for hydroxylation is 1. The summed E-state index contributed by atoms with van der Waals surface area (Å²) in [6, 6.07) is 14.3. The number of aldehydes is 1. The Labute approximate surface area is 214 Å². The lowest BCUT2D eigenvalue weighted by Gasteiger charge is -2.34. The van der Waals surface area contributed by atoms with Crippen LogP contribution in [0.2, 0.25) is 0 Å². The van der Waals surface area contributed by atoms with Gasteiger partial charge >= 0.3 is 0 Å². The molecule has 2 heterocycles. The number of rotatable bonds is 7. The fraction of sp³-hybridized carbons (Fsp3) is 0.414. The number of piperazine rings is 1. The second-order valence-electron chi connectivity index (χ2n) is 9.70. The van der Waals surface area contributed by atoms with Gasteiger partial charge in [0.2, 0.25) is 5.91 Å². The predicted molar refractivity (Wildman–Crippen MR) is 147 cm³/mol. The summed E-state index contributed by atoms with van der Waals surface area (Å²) >= 11 is 0. The topological polar surface area (TPSA) is 68.2 Å². The Balaban J connectivity index is 1.68. The van der Waals surface area contributed by atoms with Gasteiger partial charge in [0.25, 0.3) is 0 Å². The molecule has 0 aromatic heterocycles. The van der Waals surface area contributed by atoms with Gasteiger partial charge in [0.1, 0.15) is 0 Å². The summed E-state index contributed by atoms with van der Waals surface area (Å²) in [5, 5.41) is 9.57. The molecular formula is C29H37N5O2. The van der Waals surface area contributed by atoms with E-state index in [0.29, 0.717) is 24.1 Å². The second-order valence-corrected chi connectivity index (χ2v) is 9.70. The van der Waals surface area contributed by atoms with E-state index in [1.165, 1.54) is 5.69 Å². The average Bonchev–Trinajstić information content (AvgIpc) is 3.34. The molecule has 0 bridgehead atoms. The third-order valence-corrected chi connectivity index (χ3v) is 7.31. The van der Waals surface area contributed by atoms with Crippen LogP contribution < -0.4 is 10.2 Å². The molecule has 2 aliphatic rings. The molecule has 0 unspecified atom stereocenters.